The molecular formula is C20H30Br2Zr. The van der Waals surface area contributed by atoms with Crippen LogP contribution in [0.3, 0.4) is 0 Å². The Morgan fingerprint density at radius 1 is 0.783 bits per heavy atom. The first-order chi connectivity index (χ1) is 9.40. The van der Waals surface area contributed by atoms with Crippen molar-refractivity contribution in [1.29, 1.82) is 0 Å². The van der Waals surface area contributed by atoms with Crippen LogP contribution in [0.5, 0.6) is 0 Å². The van der Waals surface area contributed by atoms with Crippen molar-refractivity contribution in [3.8, 4) is 0 Å². The van der Waals surface area contributed by atoms with Gasteiger partial charge in [-0.2, -0.15) is 12.2 Å². The molecule has 0 saturated heterocycles. The van der Waals surface area contributed by atoms with E-state index in [1.54, 1.807) is 0 Å². The molecule has 0 N–H and O–H groups in total. The van der Waals surface area contributed by atoms with Crippen molar-refractivity contribution in [2.24, 2.45) is 11.8 Å². The molecule has 3 heteroatoms. The molecule has 0 nitrogen and oxygen atoms in total. The molecule has 0 aromatic rings. The Morgan fingerprint density at radius 2 is 1.09 bits per heavy atom. The van der Waals surface area contributed by atoms with E-state index in [0.717, 1.165) is 24.7 Å². The second-order valence-electron chi connectivity index (χ2n) is 6.69. The maximum atomic E-state index is 3.36. The Balaban J connectivity index is -0.000000308. The summed E-state index contributed by atoms with van der Waals surface area (Å²) >= 11 is 0. The van der Waals surface area contributed by atoms with Gasteiger partial charge >= 0.3 is 26.2 Å². The van der Waals surface area contributed by atoms with Crippen LogP contribution in [0.25, 0.3) is 0 Å². The van der Waals surface area contributed by atoms with Gasteiger partial charge in [-0.25, -0.2) is 22.3 Å². The summed E-state index contributed by atoms with van der Waals surface area (Å²) in [6, 6.07) is 0. The summed E-state index contributed by atoms with van der Waals surface area (Å²) in [4.78, 5) is 0. The minimum Gasteiger partial charge on any atom is -1.00 e. The third kappa shape index (κ3) is 11.9. The van der Waals surface area contributed by atoms with E-state index in [0.29, 0.717) is 0 Å². The summed E-state index contributed by atoms with van der Waals surface area (Å²) in [5.41, 5.74) is 5.76. The maximum Gasteiger partial charge on any atom is 4.00 e. The van der Waals surface area contributed by atoms with Gasteiger partial charge in [0, 0.05) is 0 Å². The second-order valence-corrected chi connectivity index (χ2v) is 6.69. The standard InChI is InChI=1S/2C10H15.2BrH.Zr/c2*1-8(2)7-10-6-4-5-9(10)3;;;/h2*5,8H,4,7H2,1-3H3;2*1H;/q2*-1;;;+4/p-2. The molecule has 0 fully saturated rings. The van der Waals surface area contributed by atoms with Crippen LogP contribution in [0, 0.1) is 24.0 Å². The molecule has 2 aliphatic carbocycles. The number of allylic oxidation sites excluding steroid dienone is 8. The average molecular weight is 521 g/mol. The fourth-order valence-corrected chi connectivity index (χ4v) is 2.46. The molecule has 0 atom stereocenters. The van der Waals surface area contributed by atoms with Crippen LogP contribution in [-0.2, 0) is 26.2 Å². The van der Waals surface area contributed by atoms with Crippen molar-refractivity contribution in [1.82, 2.24) is 0 Å². The topological polar surface area (TPSA) is 0 Å². The third-order valence-corrected chi connectivity index (χ3v) is 3.62. The zero-order valence-corrected chi connectivity index (χ0v) is 21.0. The summed E-state index contributed by atoms with van der Waals surface area (Å²) in [6.07, 6.45) is 15.7. The largest absolute Gasteiger partial charge is 4.00 e. The molecule has 0 aromatic carbocycles. The number of hydrogen-bond acceptors (Lipinski definition) is 0. The molecule has 23 heavy (non-hydrogen) atoms. The number of rotatable bonds is 4. The van der Waals surface area contributed by atoms with Gasteiger partial charge in [-0.05, 0) is 11.8 Å². The van der Waals surface area contributed by atoms with Crippen molar-refractivity contribution in [2.75, 3.05) is 0 Å². The number of halogens is 2. The zero-order valence-electron chi connectivity index (χ0n) is 15.4. The quantitative estimate of drug-likeness (QED) is 0.465. The van der Waals surface area contributed by atoms with E-state index >= 15 is 0 Å². The van der Waals surface area contributed by atoms with E-state index in [9.17, 15) is 0 Å². The first-order valence-corrected chi connectivity index (χ1v) is 7.93. The van der Waals surface area contributed by atoms with E-state index in [1.807, 2.05) is 0 Å². The predicted molar refractivity (Wildman–Crippen MR) is 89.2 cm³/mol. The van der Waals surface area contributed by atoms with Crippen LogP contribution in [0.15, 0.2) is 34.4 Å². The van der Waals surface area contributed by atoms with Crippen LogP contribution < -0.4 is 34.0 Å². The summed E-state index contributed by atoms with van der Waals surface area (Å²) in [6.45, 7) is 13.4. The molecule has 2 aliphatic rings. The molecule has 0 saturated carbocycles. The molecule has 0 unspecified atom stereocenters. The first-order valence-electron chi connectivity index (χ1n) is 7.93. The Labute approximate surface area is 184 Å². The molecule has 0 amide bonds. The van der Waals surface area contributed by atoms with Crippen molar-refractivity contribution in [2.45, 2.75) is 67.2 Å². The summed E-state index contributed by atoms with van der Waals surface area (Å²) in [5.74, 6) is 1.54. The van der Waals surface area contributed by atoms with Gasteiger partial charge in [0.2, 0.25) is 0 Å². The van der Waals surface area contributed by atoms with Crippen LogP contribution in [0.4, 0.5) is 0 Å². The van der Waals surface area contributed by atoms with Gasteiger partial charge in [0.15, 0.2) is 0 Å². The van der Waals surface area contributed by atoms with E-state index in [1.165, 1.54) is 35.1 Å². The molecule has 128 valence electrons. The Hall–Kier alpha value is 0.803. The summed E-state index contributed by atoms with van der Waals surface area (Å²) in [5, 5.41) is 0. The molecule has 0 aromatic heterocycles. The molecule has 2 rings (SSSR count). The van der Waals surface area contributed by atoms with E-state index in [2.05, 4.69) is 65.8 Å². The van der Waals surface area contributed by atoms with E-state index in [4.69, 9.17) is 0 Å². The van der Waals surface area contributed by atoms with Crippen LogP contribution >= 0.6 is 0 Å². The van der Waals surface area contributed by atoms with Gasteiger partial charge in [-0.15, -0.1) is 26.7 Å². The van der Waals surface area contributed by atoms with Gasteiger partial charge < -0.3 is 34.0 Å². The normalized spacial score (nSPS) is 15.3. The third-order valence-electron chi connectivity index (χ3n) is 3.62. The zero-order chi connectivity index (χ0) is 15.1. The summed E-state index contributed by atoms with van der Waals surface area (Å²) in [7, 11) is 0. The van der Waals surface area contributed by atoms with Gasteiger partial charge in [0.05, 0.1) is 0 Å². The van der Waals surface area contributed by atoms with Gasteiger partial charge in [0.25, 0.3) is 0 Å². The minimum absolute atomic E-state index is 0. The van der Waals surface area contributed by atoms with Crippen LogP contribution in [0.1, 0.15) is 67.2 Å². The fourth-order valence-electron chi connectivity index (χ4n) is 2.46. The maximum absolute atomic E-state index is 3.36. The van der Waals surface area contributed by atoms with Gasteiger partial charge in [-0.3, -0.25) is 12.2 Å². The van der Waals surface area contributed by atoms with Crippen molar-refractivity contribution < 1.29 is 60.2 Å². The van der Waals surface area contributed by atoms with Gasteiger partial charge in [-0.1, -0.05) is 40.5 Å². The van der Waals surface area contributed by atoms with E-state index < -0.39 is 0 Å². The average Bonchev–Trinajstić information content (AvgIpc) is 2.90. The Bertz CT molecular complexity index is 399. The first kappa shape index (κ1) is 28.6. The van der Waals surface area contributed by atoms with Crippen molar-refractivity contribution in [3.05, 3.63) is 46.6 Å². The minimum atomic E-state index is 0. The second kappa shape index (κ2) is 15.1. The molecule has 0 radical (unpaired) electrons. The van der Waals surface area contributed by atoms with Crippen LogP contribution in [-0.4, -0.2) is 0 Å². The van der Waals surface area contributed by atoms with Crippen LogP contribution in [0.2, 0.25) is 0 Å². The number of hydrogen-bond donors (Lipinski definition) is 0. The molecule has 0 heterocycles. The SMILES string of the molecule is CC1=CC[C-]=C1CC(C)C.CC1=CC[C-]=C1CC(C)C.[Br-].[Br-].[Zr+4]. The van der Waals surface area contributed by atoms with Crippen molar-refractivity contribution >= 4 is 0 Å². The van der Waals surface area contributed by atoms with Crippen molar-refractivity contribution in [3.63, 3.8) is 0 Å². The Kier molecular flexibility index (Phi) is 18.8. The molecule has 0 bridgehead atoms. The summed E-state index contributed by atoms with van der Waals surface area (Å²) < 4.78 is 0. The van der Waals surface area contributed by atoms with Gasteiger partial charge in [0.1, 0.15) is 0 Å². The predicted octanol–water partition coefficient (Wildman–Crippen LogP) is 0.230. The smallest absolute Gasteiger partial charge is 1.00 e. The molecule has 0 aliphatic heterocycles. The fraction of sp³-hybridized carbons (Fsp3) is 0.600. The van der Waals surface area contributed by atoms with E-state index in [-0.39, 0.29) is 60.2 Å². The Morgan fingerprint density at radius 3 is 1.26 bits per heavy atom. The monoisotopic (exact) mass is 518 g/mol. The molecular weight excluding hydrogens is 491 g/mol. The molecule has 0 spiro atoms.